The van der Waals surface area contributed by atoms with Gasteiger partial charge in [0.1, 0.15) is 0 Å². The third-order valence-electron chi connectivity index (χ3n) is 3.22. The van der Waals surface area contributed by atoms with Crippen LogP contribution in [0.5, 0.6) is 0 Å². The van der Waals surface area contributed by atoms with Crippen molar-refractivity contribution in [1.82, 2.24) is 0 Å². The van der Waals surface area contributed by atoms with Crippen LogP contribution in [0.1, 0.15) is 39.0 Å². The minimum absolute atomic E-state index is 0.951. The fraction of sp³-hybridized carbons (Fsp3) is 0.900. The Balaban J connectivity index is 2.04. The molecule has 2 atom stereocenters. The first kappa shape index (κ1) is 7.33. The van der Waals surface area contributed by atoms with Gasteiger partial charge in [-0.2, -0.15) is 0 Å². The highest BCUT2D eigenvalue weighted by Gasteiger charge is 2.27. The molecule has 2 aliphatic rings. The third-order valence-corrected chi connectivity index (χ3v) is 3.22. The van der Waals surface area contributed by atoms with Crippen molar-refractivity contribution in [2.75, 3.05) is 6.54 Å². The maximum absolute atomic E-state index is 4.53. The standard InChI is InChI=1S/C10H17N/c1-8-6-9-4-2-3-5-10(9)7-11-8/h9-10H,2-7H2,1H3. The molecule has 0 aromatic heterocycles. The van der Waals surface area contributed by atoms with E-state index in [1.165, 1.54) is 37.8 Å². The Kier molecular flexibility index (Phi) is 1.97. The SMILES string of the molecule is CC1=NCC2CCCCC2C1. The molecule has 2 unspecified atom stereocenters. The van der Waals surface area contributed by atoms with Gasteiger partial charge >= 0.3 is 0 Å². The Morgan fingerprint density at radius 1 is 1.18 bits per heavy atom. The molecule has 2 rings (SSSR count). The lowest BCUT2D eigenvalue weighted by molar-refractivity contribution is 0.241. The van der Waals surface area contributed by atoms with Crippen molar-refractivity contribution in [2.45, 2.75) is 39.0 Å². The zero-order valence-electron chi connectivity index (χ0n) is 7.34. The first-order chi connectivity index (χ1) is 5.36. The van der Waals surface area contributed by atoms with Crippen molar-refractivity contribution in [3.05, 3.63) is 0 Å². The van der Waals surface area contributed by atoms with Gasteiger partial charge in [-0.15, -0.1) is 0 Å². The lowest BCUT2D eigenvalue weighted by Crippen LogP contribution is -2.27. The Bertz CT molecular complexity index is 172. The lowest BCUT2D eigenvalue weighted by atomic mass is 9.75. The second-order valence-corrected chi connectivity index (χ2v) is 4.08. The Hall–Kier alpha value is -0.330. The van der Waals surface area contributed by atoms with Crippen LogP contribution in [0.4, 0.5) is 0 Å². The predicted molar refractivity (Wildman–Crippen MR) is 48.0 cm³/mol. The first-order valence-electron chi connectivity index (χ1n) is 4.86. The zero-order chi connectivity index (χ0) is 7.68. The third kappa shape index (κ3) is 1.47. The van der Waals surface area contributed by atoms with Crippen LogP contribution in [0.2, 0.25) is 0 Å². The quantitative estimate of drug-likeness (QED) is 0.504. The predicted octanol–water partition coefficient (Wildman–Crippen LogP) is 2.66. The number of rotatable bonds is 0. The van der Waals surface area contributed by atoms with E-state index < -0.39 is 0 Å². The molecule has 0 amide bonds. The van der Waals surface area contributed by atoms with E-state index >= 15 is 0 Å². The average Bonchev–Trinajstić information content (AvgIpc) is 2.04. The van der Waals surface area contributed by atoms with E-state index in [0.717, 1.165) is 18.4 Å². The molecule has 0 radical (unpaired) electrons. The summed E-state index contributed by atoms with van der Waals surface area (Å²) in [5.74, 6) is 1.95. The van der Waals surface area contributed by atoms with Gasteiger partial charge in [-0.25, -0.2) is 0 Å². The minimum atomic E-state index is 0.951. The van der Waals surface area contributed by atoms with Crippen LogP contribution in [0.25, 0.3) is 0 Å². The molecule has 62 valence electrons. The van der Waals surface area contributed by atoms with E-state index in [-0.39, 0.29) is 0 Å². The van der Waals surface area contributed by atoms with Crippen molar-refractivity contribution in [1.29, 1.82) is 0 Å². The zero-order valence-corrected chi connectivity index (χ0v) is 7.34. The molecule has 0 saturated heterocycles. The molecular weight excluding hydrogens is 134 g/mol. The lowest BCUT2D eigenvalue weighted by Gasteiger charge is -2.33. The van der Waals surface area contributed by atoms with E-state index in [2.05, 4.69) is 11.9 Å². The smallest absolute Gasteiger partial charge is 0.0419 e. The number of fused-ring (bicyclic) bond motifs is 1. The second kappa shape index (κ2) is 2.96. The first-order valence-corrected chi connectivity index (χ1v) is 4.86. The molecule has 1 nitrogen and oxygen atoms in total. The number of aliphatic imine (C=N–C) groups is 1. The number of hydrogen-bond acceptors (Lipinski definition) is 1. The van der Waals surface area contributed by atoms with E-state index in [0.29, 0.717) is 0 Å². The van der Waals surface area contributed by atoms with Gasteiger partial charge < -0.3 is 0 Å². The molecule has 0 aromatic rings. The summed E-state index contributed by atoms with van der Waals surface area (Å²) in [4.78, 5) is 4.53. The summed E-state index contributed by atoms with van der Waals surface area (Å²) in [6.07, 6.45) is 7.13. The van der Waals surface area contributed by atoms with Crippen LogP contribution in [0.15, 0.2) is 4.99 Å². The summed E-state index contributed by atoms with van der Waals surface area (Å²) in [6.45, 7) is 3.32. The summed E-state index contributed by atoms with van der Waals surface area (Å²) in [7, 11) is 0. The molecular formula is C10H17N. The van der Waals surface area contributed by atoms with Crippen LogP contribution in [-0.2, 0) is 0 Å². The summed E-state index contributed by atoms with van der Waals surface area (Å²) in [6, 6.07) is 0. The molecule has 1 aliphatic carbocycles. The molecule has 1 saturated carbocycles. The summed E-state index contributed by atoms with van der Waals surface area (Å²) >= 11 is 0. The fourth-order valence-corrected chi connectivity index (χ4v) is 2.51. The highest BCUT2D eigenvalue weighted by Crippen LogP contribution is 2.35. The van der Waals surface area contributed by atoms with E-state index in [1.807, 2.05) is 0 Å². The molecule has 0 spiro atoms. The van der Waals surface area contributed by atoms with Crippen molar-refractivity contribution in [2.24, 2.45) is 16.8 Å². The van der Waals surface area contributed by atoms with E-state index in [9.17, 15) is 0 Å². The van der Waals surface area contributed by atoms with Crippen LogP contribution in [0.3, 0.4) is 0 Å². The molecule has 0 aromatic carbocycles. The molecule has 1 fully saturated rings. The van der Waals surface area contributed by atoms with Crippen LogP contribution in [-0.4, -0.2) is 12.3 Å². The monoisotopic (exact) mass is 151 g/mol. The highest BCUT2D eigenvalue weighted by molar-refractivity contribution is 5.82. The van der Waals surface area contributed by atoms with Crippen molar-refractivity contribution in [3.63, 3.8) is 0 Å². The summed E-state index contributed by atoms with van der Waals surface area (Å²) in [5.41, 5.74) is 1.40. The van der Waals surface area contributed by atoms with Gasteiger partial charge in [0.15, 0.2) is 0 Å². The van der Waals surface area contributed by atoms with Gasteiger partial charge in [-0.3, -0.25) is 4.99 Å². The maximum atomic E-state index is 4.53. The number of nitrogens with zero attached hydrogens (tertiary/aromatic N) is 1. The van der Waals surface area contributed by atoms with Crippen LogP contribution < -0.4 is 0 Å². The maximum Gasteiger partial charge on any atom is 0.0419 e. The van der Waals surface area contributed by atoms with Crippen molar-refractivity contribution >= 4 is 5.71 Å². The summed E-state index contributed by atoms with van der Waals surface area (Å²) < 4.78 is 0. The van der Waals surface area contributed by atoms with Gasteiger partial charge in [0.2, 0.25) is 0 Å². The Labute approximate surface area is 68.9 Å². The molecule has 11 heavy (non-hydrogen) atoms. The Morgan fingerprint density at radius 2 is 1.91 bits per heavy atom. The van der Waals surface area contributed by atoms with Crippen molar-refractivity contribution in [3.8, 4) is 0 Å². The van der Waals surface area contributed by atoms with Crippen LogP contribution in [0, 0.1) is 11.8 Å². The second-order valence-electron chi connectivity index (χ2n) is 4.08. The molecule has 1 aliphatic heterocycles. The van der Waals surface area contributed by atoms with Gasteiger partial charge in [-0.1, -0.05) is 12.8 Å². The molecule has 0 N–H and O–H groups in total. The average molecular weight is 151 g/mol. The molecule has 0 bridgehead atoms. The number of hydrogen-bond donors (Lipinski definition) is 0. The molecule has 1 heteroatoms. The van der Waals surface area contributed by atoms with Gasteiger partial charge in [-0.05, 0) is 38.0 Å². The topological polar surface area (TPSA) is 12.4 Å². The van der Waals surface area contributed by atoms with E-state index in [4.69, 9.17) is 0 Å². The largest absolute Gasteiger partial charge is 0.294 e. The van der Waals surface area contributed by atoms with E-state index in [1.54, 1.807) is 0 Å². The fourth-order valence-electron chi connectivity index (χ4n) is 2.51. The normalized spacial score (nSPS) is 37.7. The minimum Gasteiger partial charge on any atom is -0.294 e. The van der Waals surface area contributed by atoms with Gasteiger partial charge in [0, 0.05) is 12.3 Å². The van der Waals surface area contributed by atoms with Gasteiger partial charge in [0.05, 0.1) is 0 Å². The summed E-state index contributed by atoms with van der Waals surface area (Å²) in [5, 5.41) is 0. The Morgan fingerprint density at radius 3 is 2.73 bits per heavy atom. The highest BCUT2D eigenvalue weighted by atomic mass is 14.8. The van der Waals surface area contributed by atoms with Gasteiger partial charge in [0.25, 0.3) is 0 Å². The van der Waals surface area contributed by atoms with Crippen LogP contribution >= 0.6 is 0 Å². The van der Waals surface area contributed by atoms with Crippen molar-refractivity contribution < 1.29 is 0 Å². The molecule has 1 heterocycles.